The third kappa shape index (κ3) is 6.51. The van der Waals surface area contributed by atoms with E-state index in [2.05, 4.69) is 37.5 Å². The van der Waals surface area contributed by atoms with Gasteiger partial charge in [-0.05, 0) is 91.1 Å². The van der Waals surface area contributed by atoms with Gasteiger partial charge in [-0.2, -0.15) is 0 Å². The zero-order valence-corrected chi connectivity index (χ0v) is 14.7. The molecule has 22 heavy (non-hydrogen) atoms. The molecule has 3 heteroatoms. The summed E-state index contributed by atoms with van der Waals surface area (Å²) >= 11 is 0. The average molecular weight is 341 g/mol. The predicted molar refractivity (Wildman–Crippen MR) is 87.5 cm³/mol. The van der Waals surface area contributed by atoms with Gasteiger partial charge in [0.15, 0.2) is 0 Å². The van der Waals surface area contributed by atoms with Crippen molar-refractivity contribution in [2.45, 2.75) is 45.3 Å². The average Bonchev–Trinajstić information content (AvgIpc) is 3.21. The summed E-state index contributed by atoms with van der Waals surface area (Å²) in [7, 11) is 0. The Morgan fingerprint density at radius 3 is 1.68 bits per heavy atom. The van der Waals surface area contributed by atoms with Gasteiger partial charge in [0, 0.05) is 17.9 Å². The van der Waals surface area contributed by atoms with Crippen LogP contribution in [0.1, 0.15) is 33.1 Å². The van der Waals surface area contributed by atoms with Crippen molar-refractivity contribution in [3.8, 4) is 0 Å². The number of hydrogen-bond donors (Lipinski definition) is 1. The third-order valence-electron chi connectivity index (χ3n) is 4.28. The summed E-state index contributed by atoms with van der Waals surface area (Å²) in [5.41, 5.74) is 0. The molecule has 2 atom stereocenters. The van der Waals surface area contributed by atoms with Gasteiger partial charge in [-0.25, -0.2) is 0 Å². The van der Waals surface area contributed by atoms with E-state index in [9.17, 15) is 0 Å². The fourth-order valence-electron chi connectivity index (χ4n) is 2.85. The second-order valence-corrected chi connectivity index (χ2v) is 5.89. The first-order valence-corrected chi connectivity index (χ1v) is 8.04. The zero-order valence-electron chi connectivity index (χ0n) is 13.6. The van der Waals surface area contributed by atoms with Crippen molar-refractivity contribution in [3.05, 3.63) is 63.2 Å². The van der Waals surface area contributed by atoms with E-state index < -0.39 is 0 Å². The van der Waals surface area contributed by atoms with E-state index in [1.807, 2.05) is 25.7 Å². The van der Waals surface area contributed by atoms with Crippen LogP contribution in [0.3, 0.4) is 0 Å². The molecule has 1 heterocycles. The van der Waals surface area contributed by atoms with Crippen LogP contribution in [-0.4, -0.2) is 35.2 Å². The minimum atomic E-state index is -0.315. The topological polar surface area (TPSA) is 23.5 Å². The van der Waals surface area contributed by atoms with Crippen molar-refractivity contribution in [1.29, 1.82) is 0 Å². The maximum Gasteiger partial charge on any atom is 2.00 e. The molecule has 3 aliphatic rings. The van der Waals surface area contributed by atoms with Crippen LogP contribution in [0.4, 0.5) is 0 Å². The summed E-state index contributed by atoms with van der Waals surface area (Å²) < 4.78 is 0. The summed E-state index contributed by atoms with van der Waals surface area (Å²) in [4.78, 5) is 2.60. The number of rotatable bonds is 3. The molecule has 3 fully saturated rings. The molecule has 0 aromatic heterocycles. The van der Waals surface area contributed by atoms with E-state index >= 15 is 0 Å². The molecule has 0 aromatic rings. The molecule has 10 radical (unpaired) electrons. The van der Waals surface area contributed by atoms with Gasteiger partial charge in [0.05, 0.1) is 6.10 Å². The van der Waals surface area contributed by atoms with E-state index in [4.69, 9.17) is 5.11 Å². The van der Waals surface area contributed by atoms with E-state index in [-0.39, 0.29) is 23.2 Å². The van der Waals surface area contributed by atoms with Gasteiger partial charge in [-0.3, -0.25) is 0 Å². The molecule has 0 unspecified atom stereocenters. The normalized spacial score (nSPS) is 26.9. The first kappa shape index (κ1) is 20.5. The Labute approximate surface area is 148 Å². The van der Waals surface area contributed by atoms with Crippen LogP contribution in [0.2, 0.25) is 0 Å². The molecule has 0 amide bonds. The fraction of sp³-hybridized carbons (Fsp3) is 0.474. The largest absolute Gasteiger partial charge is 2.00 e. The van der Waals surface area contributed by atoms with Gasteiger partial charge in [-0.1, -0.05) is 6.42 Å². The van der Waals surface area contributed by atoms with Gasteiger partial charge in [-0.15, -0.1) is 0 Å². The molecule has 2 nitrogen and oxygen atoms in total. The van der Waals surface area contributed by atoms with Gasteiger partial charge < -0.3 is 10.0 Å². The van der Waals surface area contributed by atoms with Crippen LogP contribution in [0.25, 0.3) is 0 Å². The zero-order chi connectivity index (χ0) is 15.1. The van der Waals surface area contributed by atoms with Crippen molar-refractivity contribution < 1.29 is 22.2 Å². The van der Waals surface area contributed by atoms with Crippen molar-refractivity contribution >= 4 is 0 Å². The van der Waals surface area contributed by atoms with Crippen LogP contribution in [0.15, 0.2) is 0 Å². The smallest absolute Gasteiger partial charge is 0.393 e. The molecule has 0 spiro atoms. The Morgan fingerprint density at radius 1 is 0.818 bits per heavy atom. The molecule has 120 valence electrons. The Balaban J connectivity index is 0.000000234. The van der Waals surface area contributed by atoms with Gasteiger partial charge in [0.2, 0.25) is 0 Å². The van der Waals surface area contributed by atoms with E-state index in [0.717, 1.165) is 5.92 Å². The second-order valence-electron chi connectivity index (χ2n) is 5.89. The summed E-state index contributed by atoms with van der Waals surface area (Å²) in [6, 6.07) is 0.621. The molecule has 2 saturated carbocycles. The summed E-state index contributed by atoms with van der Waals surface area (Å²) in [5.74, 6) is 2.46. The maximum atomic E-state index is 8.91. The monoisotopic (exact) mass is 341 g/mol. The van der Waals surface area contributed by atoms with Crippen molar-refractivity contribution in [1.82, 2.24) is 4.90 Å². The second kappa shape index (κ2) is 11.1. The Hall–Kier alpha value is 0.439. The Kier molecular flexibility index (Phi) is 10.3. The van der Waals surface area contributed by atoms with Crippen LogP contribution in [-0.2, 0) is 17.1 Å². The Morgan fingerprint density at radius 2 is 1.27 bits per heavy atom. The van der Waals surface area contributed by atoms with E-state index in [1.54, 1.807) is 6.92 Å². The first-order valence-electron chi connectivity index (χ1n) is 8.04. The van der Waals surface area contributed by atoms with E-state index in [1.165, 1.54) is 38.3 Å². The predicted octanol–water partition coefficient (Wildman–Crippen LogP) is 3.04. The summed E-state index contributed by atoms with van der Waals surface area (Å²) in [6.45, 7) is 6.65. The molecular formula is C19H27FeNO+2. The Bertz CT molecular complexity index is 267. The summed E-state index contributed by atoms with van der Waals surface area (Å²) in [5, 5.41) is 8.91. The van der Waals surface area contributed by atoms with Gasteiger partial charge in [0.1, 0.15) is 0 Å². The van der Waals surface area contributed by atoms with Crippen LogP contribution in [0, 0.1) is 63.2 Å². The van der Waals surface area contributed by atoms with Gasteiger partial charge >= 0.3 is 17.1 Å². The SMILES string of the molecule is C[C@H](O)[C]1[CH][CH][CH][CH]1.C[C@H]([C]1[CH][CH][CH][CH]1)N1CCCCC1.[Fe+2]. The van der Waals surface area contributed by atoms with Crippen LogP contribution < -0.4 is 0 Å². The number of nitrogens with zero attached hydrogens (tertiary/aromatic N) is 1. The molecule has 1 saturated heterocycles. The first-order chi connectivity index (χ1) is 10.2. The minimum Gasteiger partial charge on any atom is -0.393 e. The van der Waals surface area contributed by atoms with Crippen LogP contribution >= 0.6 is 0 Å². The van der Waals surface area contributed by atoms with Crippen LogP contribution in [0.5, 0.6) is 0 Å². The number of aliphatic hydroxyl groups is 1. The minimum absolute atomic E-state index is 0. The van der Waals surface area contributed by atoms with Crippen molar-refractivity contribution in [2.24, 2.45) is 0 Å². The number of aliphatic hydroxyl groups excluding tert-OH is 1. The molecule has 2 aliphatic carbocycles. The third-order valence-corrected chi connectivity index (χ3v) is 4.28. The number of likely N-dealkylation sites (tertiary alicyclic amines) is 1. The van der Waals surface area contributed by atoms with E-state index in [0.29, 0.717) is 6.04 Å². The molecular weight excluding hydrogens is 314 g/mol. The molecule has 0 aromatic carbocycles. The standard InChI is InChI=1S/C12H18N.C7H9O.Fe/c1-11(12-7-3-4-8-12)13-9-5-2-6-10-13;1-6(8)7-4-2-3-5-7;/h3-4,7-8,11H,2,5-6,9-10H2,1H3;2-6,8H,1H3;/q;;+2/t11-;6-;/m10./s1. The number of hydrogen-bond acceptors (Lipinski definition) is 2. The molecule has 0 bridgehead atoms. The molecule has 1 aliphatic heterocycles. The fourth-order valence-corrected chi connectivity index (χ4v) is 2.85. The molecule has 3 rings (SSSR count). The van der Waals surface area contributed by atoms with Gasteiger partial charge in [0.25, 0.3) is 0 Å². The number of piperidine rings is 1. The quantitative estimate of drug-likeness (QED) is 0.798. The van der Waals surface area contributed by atoms with Crippen molar-refractivity contribution in [2.75, 3.05) is 13.1 Å². The summed E-state index contributed by atoms with van der Waals surface area (Å²) in [6.07, 6.45) is 20.3. The maximum absolute atomic E-state index is 8.91. The van der Waals surface area contributed by atoms with Crippen molar-refractivity contribution in [3.63, 3.8) is 0 Å². The molecule has 1 N–H and O–H groups in total.